The van der Waals surface area contributed by atoms with E-state index in [2.05, 4.69) is 10.3 Å². The summed E-state index contributed by atoms with van der Waals surface area (Å²) in [5, 5.41) is 3.31. The van der Waals surface area contributed by atoms with Crippen molar-refractivity contribution in [1.82, 2.24) is 15.1 Å². The molecule has 6 heteroatoms. The van der Waals surface area contributed by atoms with Crippen molar-refractivity contribution in [2.24, 2.45) is 4.99 Å². The van der Waals surface area contributed by atoms with E-state index < -0.39 is 0 Å². The van der Waals surface area contributed by atoms with E-state index in [4.69, 9.17) is 4.42 Å². The van der Waals surface area contributed by atoms with Crippen LogP contribution in [-0.2, 0) is 4.79 Å². The Morgan fingerprint density at radius 1 is 1.50 bits per heavy atom. The highest BCUT2D eigenvalue weighted by atomic mass is 16.3. The van der Waals surface area contributed by atoms with Crippen LogP contribution in [0.2, 0.25) is 0 Å². The van der Waals surface area contributed by atoms with Gasteiger partial charge in [0.15, 0.2) is 5.96 Å². The van der Waals surface area contributed by atoms with E-state index in [0.717, 1.165) is 17.5 Å². The largest absolute Gasteiger partial charge is 0.464 e. The van der Waals surface area contributed by atoms with Crippen LogP contribution in [0.3, 0.4) is 0 Å². The Labute approximate surface area is 105 Å². The summed E-state index contributed by atoms with van der Waals surface area (Å²) in [5.74, 6) is 2.70. The number of nitrogens with one attached hydrogen (secondary N) is 1. The first kappa shape index (κ1) is 11.1. The van der Waals surface area contributed by atoms with Gasteiger partial charge >= 0.3 is 0 Å². The smallest absolute Gasteiger partial charge is 0.243 e. The number of hydrogen-bond donors (Lipinski definition) is 1. The van der Waals surface area contributed by atoms with Crippen LogP contribution in [0.5, 0.6) is 0 Å². The van der Waals surface area contributed by atoms with Crippen molar-refractivity contribution < 1.29 is 9.21 Å². The lowest BCUT2D eigenvalue weighted by atomic mass is 10.2. The molecule has 18 heavy (non-hydrogen) atoms. The van der Waals surface area contributed by atoms with Crippen molar-refractivity contribution >= 4 is 11.9 Å². The van der Waals surface area contributed by atoms with Crippen LogP contribution in [0.1, 0.15) is 17.6 Å². The second-order valence-corrected chi connectivity index (χ2v) is 4.74. The van der Waals surface area contributed by atoms with E-state index in [0.29, 0.717) is 19.8 Å². The van der Waals surface area contributed by atoms with Gasteiger partial charge in [-0.15, -0.1) is 0 Å². The lowest BCUT2D eigenvalue weighted by Gasteiger charge is -2.18. The van der Waals surface area contributed by atoms with Crippen LogP contribution in [0, 0.1) is 6.92 Å². The third-order valence-electron chi connectivity index (χ3n) is 3.27. The maximum atomic E-state index is 11.5. The summed E-state index contributed by atoms with van der Waals surface area (Å²) in [5.41, 5.74) is 0. The standard InChI is InChI=1S/C12H16N4O2/c1-8-3-4-10(18-8)9-5-13-12(14-9)16-6-11(17)15(2)7-16/h3-4,9H,5-7H2,1-2H3,(H,13,14). The van der Waals surface area contributed by atoms with Gasteiger partial charge in [-0.1, -0.05) is 0 Å². The number of hydrogen-bond acceptors (Lipinski definition) is 5. The Kier molecular flexibility index (Phi) is 2.50. The van der Waals surface area contributed by atoms with Gasteiger partial charge in [-0.3, -0.25) is 9.79 Å². The highest BCUT2D eigenvalue weighted by Crippen LogP contribution is 2.21. The molecule has 1 atom stereocenters. The lowest BCUT2D eigenvalue weighted by molar-refractivity contribution is -0.125. The minimum absolute atomic E-state index is 0.0784. The van der Waals surface area contributed by atoms with Gasteiger partial charge in [0.25, 0.3) is 0 Å². The van der Waals surface area contributed by atoms with Gasteiger partial charge in [0.2, 0.25) is 5.91 Å². The molecule has 0 radical (unpaired) electrons. The average Bonchev–Trinajstić information content (AvgIpc) is 3.00. The Bertz CT molecular complexity index is 508. The van der Waals surface area contributed by atoms with Crippen LogP contribution in [0.4, 0.5) is 0 Å². The zero-order valence-corrected chi connectivity index (χ0v) is 10.5. The fourth-order valence-corrected chi connectivity index (χ4v) is 2.23. The van der Waals surface area contributed by atoms with E-state index in [-0.39, 0.29) is 11.9 Å². The number of guanidine groups is 1. The molecule has 1 aromatic heterocycles. The normalized spacial score (nSPS) is 23.6. The van der Waals surface area contributed by atoms with Crippen molar-refractivity contribution in [2.45, 2.75) is 13.0 Å². The molecule has 0 spiro atoms. The molecule has 6 nitrogen and oxygen atoms in total. The van der Waals surface area contributed by atoms with Crippen LogP contribution >= 0.6 is 0 Å². The van der Waals surface area contributed by atoms with Crippen molar-refractivity contribution in [2.75, 3.05) is 26.8 Å². The van der Waals surface area contributed by atoms with Gasteiger partial charge in [0, 0.05) is 7.05 Å². The summed E-state index contributed by atoms with van der Waals surface area (Å²) in [6, 6.07) is 3.99. The maximum Gasteiger partial charge on any atom is 0.243 e. The van der Waals surface area contributed by atoms with Crippen molar-refractivity contribution in [3.8, 4) is 0 Å². The highest BCUT2D eigenvalue weighted by Gasteiger charge is 2.31. The molecule has 2 aliphatic heterocycles. The topological polar surface area (TPSA) is 61.1 Å². The number of rotatable bonds is 1. The number of carbonyl (C=O) groups excluding carboxylic acids is 1. The summed E-state index contributed by atoms with van der Waals surface area (Å²) in [4.78, 5) is 19.6. The van der Waals surface area contributed by atoms with Crippen LogP contribution < -0.4 is 5.32 Å². The summed E-state index contributed by atoms with van der Waals surface area (Å²) < 4.78 is 5.59. The van der Waals surface area contributed by atoms with Gasteiger partial charge in [-0.05, 0) is 19.1 Å². The van der Waals surface area contributed by atoms with Crippen molar-refractivity contribution in [3.63, 3.8) is 0 Å². The zero-order valence-electron chi connectivity index (χ0n) is 10.5. The van der Waals surface area contributed by atoms with Gasteiger partial charge in [0.1, 0.15) is 24.1 Å². The molecule has 0 aromatic carbocycles. The molecule has 0 aliphatic carbocycles. The fourth-order valence-electron chi connectivity index (χ4n) is 2.23. The number of amides is 1. The molecular weight excluding hydrogens is 232 g/mol. The van der Waals surface area contributed by atoms with Crippen molar-refractivity contribution in [1.29, 1.82) is 0 Å². The summed E-state index contributed by atoms with van der Waals surface area (Å²) in [6.07, 6.45) is 0. The molecule has 3 rings (SSSR count). The fraction of sp³-hybridized carbons (Fsp3) is 0.500. The molecule has 1 aromatic rings. The Hall–Kier alpha value is -1.98. The number of likely N-dealkylation sites (N-methyl/N-ethyl adjacent to an activating group) is 1. The minimum atomic E-state index is 0.0784. The van der Waals surface area contributed by atoms with Crippen LogP contribution in [-0.4, -0.2) is 48.5 Å². The molecule has 1 saturated heterocycles. The molecule has 1 N–H and O–H groups in total. The van der Waals surface area contributed by atoms with Gasteiger partial charge in [-0.25, -0.2) is 0 Å². The third kappa shape index (κ3) is 1.83. The van der Waals surface area contributed by atoms with Gasteiger partial charge in [0.05, 0.1) is 13.2 Å². The molecule has 0 bridgehead atoms. The Morgan fingerprint density at radius 2 is 2.33 bits per heavy atom. The number of carbonyl (C=O) groups is 1. The van der Waals surface area contributed by atoms with Gasteiger partial charge < -0.3 is 19.5 Å². The summed E-state index contributed by atoms with van der Waals surface area (Å²) in [7, 11) is 1.80. The van der Waals surface area contributed by atoms with E-state index in [9.17, 15) is 4.79 Å². The number of aliphatic imine (C=N–C) groups is 1. The molecular formula is C12H16N4O2. The highest BCUT2D eigenvalue weighted by molar-refractivity contribution is 5.90. The Balaban J connectivity index is 1.66. The van der Waals surface area contributed by atoms with E-state index in [1.165, 1.54) is 0 Å². The zero-order chi connectivity index (χ0) is 12.7. The number of furan rings is 1. The predicted molar refractivity (Wildman–Crippen MR) is 66.0 cm³/mol. The summed E-state index contributed by atoms with van der Waals surface area (Å²) in [6.45, 7) is 3.56. The van der Waals surface area contributed by atoms with Crippen LogP contribution in [0.25, 0.3) is 0 Å². The summed E-state index contributed by atoms with van der Waals surface area (Å²) >= 11 is 0. The number of nitrogens with zero attached hydrogens (tertiary/aromatic N) is 3. The van der Waals surface area contributed by atoms with Crippen LogP contribution in [0.15, 0.2) is 21.5 Å². The predicted octanol–water partition coefficient (Wildman–Crippen LogP) is 0.320. The van der Waals surface area contributed by atoms with Crippen molar-refractivity contribution in [3.05, 3.63) is 23.7 Å². The van der Waals surface area contributed by atoms with Gasteiger partial charge in [-0.2, -0.15) is 0 Å². The molecule has 0 saturated carbocycles. The quantitative estimate of drug-likeness (QED) is 0.777. The third-order valence-corrected chi connectivity index (χ3v) is 3.27. The molecule has 2 aliphatic rings. The second-order valence-electron chi connectivity index (χ2n) is 4.74. The molecule has 1 unspecified atom stereocenters. The number of aryl methyl sites for hydroxylation is 1. The SMILES string of the molecule is Cc1ccc(C2CN=C(N3CC(=O)N(C)C3)N2)o1. The van der Waals surface area contributed by atoms with E-state index in [1.54, 1.807) is 11.9 Å². The lowest BCUT2D eigenvalue weighted by Crippen LogP contribution is -2.38. The average molecular weight is 248 g/mol. The first-order valence-electron chi connectivity index (χ1n) is 6.00. The molecule has 3 heterocycles. The van der Waals surface area contributed by atoms with E-state index in [1.807, 2.05) is 24.0 Å². The minimum Gasteiger partial charge on any atom is -0.464 e. The first-order chi connectivity index (χ1) is 8.63. The molecule has 96 valence electrons. The monoisotopic (exact) mass is 248 g/mol. The second kappa shape index (κ2) is 4.04. The first-order valence-corrected chi connectivity index (χ1v) is 6.00. The van der Waals surface area contributed by atoms with E-state index >= 15 is 0 Å². The molecule has 1 amide bonds. The molecule has 1 fully saturated rings. The maximum absolute atomic E-state index is 11.5. The Morgan fingerprint density at radius 3 is 2.94 bits per heavy atom.